The number of hydrogen-bond donors (Lipinski definition) is 2. The molecule has 0 aliphatic heterocycles. The highest BCUT2D eigenvalue weighted by atomic mass is 16.5. The Morgan fingerprint density at radius 2 is 2.22 bits per heavy atom. The van der Waals surface area contributed by atoms with Crippen molar-refractivity contribution >= 4 is 5.97 Å². The number of aliphatic carboxylic acids is 1. The first kappa shape index (κ1) is 14.5. The molecule has 1 rings (SSSR count). The highest BCUT2D eigenvalue weighted by molar-refractivity contribution is 5.69. The Hall–Kier alpha value is -1.55. The lowest BCUT2D eigenvalue weighted by Crippen LogP contribution is -2.26. The molecule has 2 N–H and O–H groups in total. The largest absolute Gasteiger partial charge is 0.496 e. The Morgan fingerprint density at radius 1 is 1.50 bits per heavy atom. The highest BCUT2D eigenvalue weighted by Gasteiger charge is 2.10. The second-order valence-corrected chi connectivity index (χ2v) is 4.37. The lowest BCUT2D eigenvalue weighted by molar-refractivity contribution is -0.140. The third kappa shape index (κ3) is 4.04. The van der Waals surface area contributed by atoms with Gasteiger partial charge in [0.15, 0.2) is 0 Å². The minimum Gasteiger partial charge on any atom is -0.496 e. The van der Waals surface area contributed by atoms with Crippen LogP contribution in [0.25, 0.3) is 0 Å². The van der Waals surface area contributed by atoms with Crippen molar-refractivity contribution in [1.29, 1.82) is 0 Å². The molecule has 18 heavy (non-hydrogen) atoms. The van der Waals surface area contributed by atoms with Crippen molar-refractivity contribution < 1.29 is 14.6 Å². The third-order valence-corrected chi connectivity index (χ3v) is 2.94. The number of benzene rings is 1. The van der Waals surface area contributed by atoms with Crippen LogP contribution in [0.15, 0.2) is 18.2 Å². The molecule has 1 aromatic rings. The van der Waals surface area contributed by atoms with Gasteiger partial charge in [-0.1, -0.05) is 26.0 Å². The maximum atomic E-state index is 10.7. The van der Waals surface area contributed by atoms with Gasteiger partial charge in [-0.25, -0.2) is 0 Å². The molecular weight excluding hydrogens is 230 g/mol. The Morgan fingerprint density at radius 3 is 2.78 bits per heavy atom. The van der Waals surface area contributed by atoms with Crippen LogP contribution in [0.1, 0.15) is 25.0 Å². The zero-order valence-corrected chi connectivity index (χ0v) is 11.2. The minimum atomic E-state index is -0.781. The number of carboxylic acid groups (broad SMARTS) is 1. The summed E-state index contributed by atoms with van der Waals surface area (Å²) in [7, 11) is 1.64. The molecule has 1 aromatic carbocycles. The summed E-state index contributed by atoms with van der Waals surface area (Å²) in [5.74, 6) is -0.329. The second kappa shape index (κ2) is 7.01. The Bertz CT molecular complexity index is 404. The first-order valence-electron chi connectivity index (χ1n) is 6.17. The minimum absolute atomic E-state index is 0.384. The fourth-order valence-corrected chi connectivity index (χ4v) is 1.70. The fraction of sp³-hybridized carbons (Fsp3) is 0.500. The van der Waals surface area contributed by atoms with Gasteiger partial charge in [0.1, 0.15) is 5.75 Å². The van der Waals surface area contributed by atoms with Crippen LogP contribution in [-0.4, -0.2) is 24.7 Å². The van der Waals surface area contributed by atoms with Crippen molar-refractivity contribution in [2.75, 3.05) is 13.7 Å². The van der Waals surface area contributed by atoms with Crippen molar-refractivity contribution in [3.05, 3.63) is 29.3 Å². The van der Waals surface area contributed by atoms with Crippen LogP contribution in [0.2, 0.25) is 0 Å². The quantitative estimate of drug-likeness (QED) is 0.779. The van der Waals surface area contributed by atoms with Gasteiger partial charge in [-0.2, -0.15) is 0 Å². The molecule has 0 aliphatic carbocycles. The lowest BCUT2D eigenvalue weighted by atomic mass is 10.1. The smallest absolute Gasteiger partial charge is 0.307 e. The van der Waals surface area contributed by atoms with Crippen molar-refractivity contribution in [3.8, 4) is 5.75 Å². The summed E-state index contributed by atoms with van der Waals surface area (Å²) < 4.78 is 5.29. The second-order valence-electron chi connectivity index (χ2n) is 4.37. The number of hydrogen-bond acceptors (Lipinski definition) is 3. The van der Waals surface area contributed by atoms with Gasteiger partial charge >= 0.3 is 5.97 Å². The fourth-order valence-electron chi connectivity index (χ4n) is 1.70. The number of methoxy groups -OCH3 is 1. The molecule has 0 fully saturated rings. The predicted octanol–water partition coefficient (Wildman–Crippen LogP) is 2.07. The lowest BCUT2D eigenvalue weighted by Gasteiger charge is -2.12. The standard InChI is InChI=1S/C14H21NO3/c1-4-11-5-6-13(18-3)12(7-11)9-15-8-10(2)14(16)17/h5-7,10,15H,4,8-9H2,1-3H3,(H,16,17). The van der Waals surface area contributed by atoms with E-state index >= 15 is 0 Å². The van der Waals surface area contributed by atoms with E-state index in [0.717, 1.165) is 17.7 Å². The van der Waals surface area contributed by atoms with E-state index in [1.54, 1.807) is 14.0 Å². The van der Waals surface area contributed by atoms with E-state index in [4.69, 9.17) is 9.84 Å². The Kier molecular flexibility index (Phi) is 5.65. The molecule has 1 unspecified atom stereocenters. The van der Waals surface area contributed by atoms with Crippen molar-refractivity contribution in [3.63, 3.8) is 0 Å². The maximum absolute atomic E-state index is 10.7. The summed E-state index contributed by atoms with van der Waals surface area (Å²) in [6.45, 7) is 4.87. The molecule has 0 heterocycles. The number of nitrogens with one attached hydrogen (secondary N) is 1. The SMILES string of the molecule is CCc1ccc(OC)c(CNCC(C)C(=O)O)c1. The number of aryl methyl sites for hydroxylation is 1. The first-order chi connectivity index (χ1) is 8.58. The van der Waals surface area contributed by atoms with Crippen LogP contribution in [0, 0.1) is 5.92 Å². The van der Waals surface area contributed by atoms with E-state index in [1.165, 1.54) is 5.56 Å². The van der Waals surface area contributed by atoms with E-state index in [-0.39, 0.29) is 5.92 Å². The number of rotatable bonds is 7. The number of carbonyl (C=O) groups is 1. The maximum Gasteiger partial charge on any atom is 0.307 e. The Labute approximate surface area is 108 Å². The molecule has 1 atom stereocenters. The van der Waals surface area contributed by atoms with Crippen molar-refractivity contribution in [1.82, 2.24) is 5.32 Å². The average Bonchev–Trinajstić information content (AvgIpc) is 2.38. The summed E-state index contributed by atoms with van der Waals surface area (Å²) in [5, 5.41) is 11.9. The average molecular weight is 251 g/mol. The molecule has 4 heteroatoms. The van der Waals surface area contributed by atoms with Crippen molar-refractivity contribution in [2.45, 2.75) is 26.8 Å². The van der Waals surface area contributed by atoms with Gasteiger partial charge in [0.2, 0.25) is 0 Å². The molecule has 0 bridgehead atoms. The molecule has 0 aromatic heterocycles. The van der Waals surface area contributed by atoms with Gasteiger partial charge < -0.3 is 15.2 Å². The van der Waals surface area contributed by atoms with Crippen molar-refractivity contribution in [2.24, 2.45) is 5.92 Å². The molecule has 0 amide bonds. The monoisotopic (exact) mass is 251 g/mol. The molecule has 4 nitrogen and oxygen atoms in total. The predicted molar refractivity (Wildman–Crippen MR) is 70.9 cm³/mol. The van der Waals surface area contributed by atoms with Gasteiger partial charge in [-0.15, -0.1) is 0 Å². The molecule has 0 spiro atoms. The Balaban J connectivity index is 2.62. The highest BCUT2D eigenvalue weighted by Crippen LogP contribution is 2.20. The molecule has 0 saturated carbocycles. The van der Waals surface area contributed by atoms with Gasteiger partial charge in [0, 0.05) is 18.7 Å². The molecule has 100 valence electrons. The van der Waals surface area contributed by atoms with Gasteiger partial charge in [0.25, 0.3) is 0 Å². The van der Waals surface area contributed by atoms with Crippen LogP contribution in [0.4, 0.5) is 0 Å². The zero-order chi connectivity index (χ0) is 13.5. The summed E-state index contributed by atoms with van der Waals surface area (Å²) in [5.41, 5.74) is 2.31. The van der Waals surface area contributed by atoms with Crippen LogP contribution < -0.4 is 10.1 Å². The van der Waals surface area contributed by atoms with E-state index < -0.39 is 5.97 Å². The molecule has 0 aliphatic rings. The normalized spacial score (nSPS) is 12.2. The van der Waals surface area contributed by atoms with Crippen LogP contribution in [0.3, 0.4) is 0 Å². The number of carboxylic acids is 1. The van der Waals surface area contributed by atoms with E-state index in [0.29, 0.717) is 13.1 Å². The molecule has 0 radical (unpaired) electrons. The zero-order valence-electron chi connectivity index (χ0n) is 11.2. The summed E-state index contributed by atoms with van der Waals surface area (Å²) in [6, 6.07) is 6.09. The number of ether oxygens (including phenoxy) is 1. The van der Waals surface area contributed by atoms with Crippen LogP contribution in [-0.2, 0) is 17.8 Å². The summed E-state index contributed by atoms with van der Waals surface area (Å²) in [4.78, 5) is 10.7. The van der Waals surface area contributed by atoms with E-state index in [9.17, 15) is 4.79 Å². The molecule has 0 saturated heterocycles. The van der Waals surface area contributed by atoms with Crippen LogP contribution in [0.5, 0.6) is 5.75 Å². The van der Waals surface area contributed by atoms with Gasteiger partial charge in [0.05, 0.1) is 13.0 Å². The van der Waals surface area contributed by atoms with E-state index in [2.05, 4.69) is 18.3 Å². The van der Waals surface area contributed by atoms with Gasteiger partial charge in [-0.05, 0) is 18.1 Å². The molecular formula is C14H21NO3. The van der Waals surface area contributed by atoms with Gasteiger partial charge in [-0.3, -0.25) is 4.79 Å². The topological polar surface area (TPSA) is 58.6 Å². The summed E-state index contributed by atoms with van der Waals surface area (Å²) in [6.07, 6.45) is 0.975. The summed E-state index contributed by atoms with van der Waals surface area (Å²) >= 11 is 0. The van der Waals surface area contributed by atoms with E-state index in [1.807, 2.05) is 12.1 Å². The third-order valence-electron chi connectivity index (χ3n) is 2.94. The first-order valence-corrected chi connectivity index (χ1v) is 6.17. The van der Waals surface area contributed by atoms with Crippen LogP contribution >= 0.6 is 0 Å².